The molecule has 0 rings (SSSR count). The summed E-state index contributed by atoms with van der Waals surface area (Å²) in [6.07, 6.45) is -2.29. The van der Waals surface area contributed by atoms with Gasteiger partial charge in [-0.05, 0) is 0 Å². The van der Waals surface area contributed by atoms with Crippen molar-refractivity contribution >= 4 is 17.9 Å². The molecule has 11 heteroatoms. The molecule has 0 aromatic carbocycles. The summed E-state index contributed by atoms with van der Waals surface area (Å²) in [5, 5.41) is 33.8. The Morgan fingerprint density at radius 1 is 0.882 bits per heavy atom. The van der Waals surface area contributed by atoms with Crippen molar-refractivity contribution in [2.75, 3.05) is 0 Å². The molecule has 0 aromatic heterocycles. The fourth-order valence-electron chi connectivity index (χ4n) is 0.714. The monoisotopic (exact) mass is 330 g/mol. The number of rotatable bonds is 5. The zero-order chi connectivity index (χ0) is 10.6. The second-order valence-corrected chi connectivity index (χ2v) is 2.48. The number of carbonyl (C=O) groups is 3. The Hall–Kier alpha value is 3.24. The minimum Gasteiger partial charge on any atom is -1.00 e. The summed E-state index contributed by atoms with van der Waals surface area (Å²) in [5.41, 5.74) is -2.74. The number of carboxylic acids is 3. The van der Waals surface area contributed by atoms with Crippen molar-refractivity contribution < 1.29 is 199 Å². The normalized spacial score (nSPS) is 8.29. The van der Waals surface area contributed by atoms with Crippen LogP contribution in [0.1, 0.15) is 17.1 Å². The van der Waals surface area contributed by atoms with E-state index in [1.54, 1.807) is 0 Å². The molecule has 17 heavy (non-hydrogen) atoms. The molecule has 6 N–H and O–H groups in total. The van der Waals surface area contributed by atoms with Crippen molar-refractivity contribution in [3.05, 3.63) is 0 Å². The van der Waals surface area contributed by atoms with E-state index >= 15 is 0 Å². The van der Waals surface area contributed by atoms with Crippen molar-refractivity contribution in [1.82, 2.24) is 0 Å². The molecule has 0 atom stereocenters. The standard InChI is InChI=1S/C6H8O7.3K.H2O.3H/c7-3(8)1-6(13,5(11)12)2-4(9)10;;;;;;;/h13H,1-2H2,(H,7,8)(H,9,10)(H,11,12);;;;1H2;;;/q;3*+1;;3*-1. The third-order valence-electron chi connectivity index (χ3n) is 1.29. The Bertz CT molecular complexity index is 252. The summed E-state index contributed by atoms with van der Waals surface area (Å²) in [5.74, 6) is -5.02. The summed E-state index contributed by atoms with van der Waals surface area (Å²) in [4.78, 5) is 30.5. The van der Waals surface area contributed by atoms with Gasteiger partial charge in [-0.15, -0.1) is 0 Å². The second-order valence-electron chi connectivity index (χ2n) is 2.48. The van der Waals surface area contributed by atoms with Gasteiger partial charge in [0.25, 0.3) is 0 Å². The molecule has 0 heterocycles. The largest absolute Gasteiger partial charge is 1.00 e. The second kappa shape index (κ2) is 15.6. The molecule has 0 saturated carbocycles. The molecule has 0 radical (unpaired) electrons. The number of carboxylic acid groups (broad SMARTS) is 3. The Morgan fingerprint density at radius 3 is 1.24 bits per heavy atom. The third-order valence-corrected chi connectivity index (χ3v) is 1.29. The number of aliphatic carboxylic acids is 3. The van der Waals surface area contributed by atoms with Gasteiger partial charge in [0.2, 0.25) is 0 Å². The van der Waals surface area contributed by atoms with Gasteiger partial charge < -0.3 is 30.2 Å². The molecule has 0 aliphatic rings. The summed E-state index contributed by atoms with van der Waals surface area (Å²) < 4.78 is 0. The molecule has 8 nitrogen and oxygen atoms in total. The van der Waals surface area contributed by atoms with Gasteiger partial charge in [0, 0.05) is 0 Å². The maximum Gasteiger partial charge on any atom is 1.00 e. The minimum atomic E-state index is -2.74. The SMILES string of the molecule is O.O=C(O)CC(O)(CC(=O)O)C(=O)O.[H-].[H-].[H-].[K+].[K+].[K+]. The molecule has 0 spiro atoms. The minimum absolute atomic E-state index is 0. The van der Waals surface area contributed by atoms with E-state index < -0.39 is 36.4 Å². The van der Waals surface area contributed by atoms with Gasteiger partial charge in [-0.25, -0.2) is 4.79 Å². The average Bonchev–Trinajstić information content (AvgIpc) is 1.82. The summed E-state index contributed by atoms with van der Waals surface area (Å²) in [6.45, 7) is 0. The fourth-order valence-corrected chi connectivity index (χ4v) is 0.714. The quantitative estimate of drug-likeness (QED) is 0.363. The fraction of sp³-hybridized carbons (Fsp3) is 0.500. The summed E-state index contributed by atoms with van der Waals surface area (Å²) >= 11 is 0. The van der Waals surface area contributed by atoms with Crippen molar-refractivity contribution in [1.29, 1.82) is 0 Å². The van der Waals surface area contributed by atoms with Crippen LogP contribution in [-0.2, 0) is 14.4 Å². The van der Waals surface area contributed by atoms with E-state index in [0.717, 1.165) is 0 Å². The van der Waals surface area contributed by atoms with Crippen molar-refractivity contribution in [2.24, 2.45) is 0 Å². The van der Waals surface area contributed by atoms with Crippen LogP contribution in [0.5, 0.6) is 0 Å². The van der Waals surface area contributed by atoms with E-state index in [0.29, 0.717) is 0 Å². The van der Waals surface area contributed by atoms with Crippen LogP contribution >= 0.6 is 0 Å². The molecule has 0 aromatic rings. The van der Waals surface area contributed by atoms with Crippen molar-refractivity contribution in [3.63, 3.8) is 0 Å². The van der Waals surface area contributed by atoms with Crippen LogP contribution in [0.3, 0.4) is 0 Å². The average molecular weight is 330 g/mol. The van der Waals surface area contributed by atoms with E-state index in [4.69, 9.17) is 20.4 Å². The molecule has 0 saturated heterocycles. The van der Waals surface area contributed by atoms with Crippen LogP contribution in [0.15, 0.2) is 0 Å². The van der Waals surface area contributed by atoms with E-state index in [-0.39, 0.29) is 164 Å². The number of aliphatic hydroxyl groups is 1. The predicted octanol–water partition coefficient (Wildman–Crippen LogP) is -10.7. The molecule has 88 valence electrons. The Balaban J connectivity index is -0.0000000343. The Morgan fingerprint density at radius 2 is 1.12 bits per heavy atom. The first-order chi connectivity index (χ1) is 5.78. The molecule has 0 fully saturated rings. The Kier molecular flexibility index (Phi) is 29.6. The van der Waals surface area contributed by atoms with Crippen molar-refractivity contribution in [3.8, 4) is 0 Å². The van der Waals surface area contributed by atoms with E-state index in [1.807, 2.05) is 0 Å². The van der Waals surface area contributed by atoms with Crippen LogP contribution in [0.4, 0.5) is 0 Å². The summed E-state index contributed by atoms with van der Waals surface area (Å²) in [6, 6.07) is 0. The van der Waals surface area contributed by atoms with Gasteiger partial charge in [-0.3, -0.25) is 9.59 Å². The van der Waals surface area contributed by atoms with E-state index in [2.05, 4.69) is 0 Å². The molecule has 0 bridgehead atoms. The van der Waals surface area contributed by atoms with Crippen LogP contribution in [0.2, 0.25) is 0 Å². The third kappa shape index (κ3) is 15.4. The smallest absolute Gasteiger partial charge is 1.00 e. The molecular formula is C6H13K3O8. The van der Waals surface area contributed by atoms with Gasteiger partial charge in [0.15, 0.2) is 5.60 Å². The van der Waals surface area contributed by atoms with Crippen LogP contribution < -0.4 is 154 Å². The zero-order valence-electron chi connectivity index (χ0n) is 12.9. The molecule has 0 unspecified atom stereocenters. The topological polar surface area (TPSA) is 164 Å². The van der Waals surface area contributed by atoms with Crippen LogP contribution in [0.25, 0.3) is 0 Å². The van der Waals surface area contributed by atoms with Crippen molar-refractivity contribution in [2.45, 2.75) is 18.4 Å². The summed E-state index contributed by atoms with van der Waals surface area (Å²) in [7, 11) is 0. The zero-order valence-corrected chi connectivity index (χ0v) is 19.3. The van der Waals surface area contributed by atoms with Crippen LogP contribution in [0, 0.1) is 0 Å². The molecular weight excluding hydrogens is 317 g/mol. The molecule has 0 amide bonds. The Labute approximate surface area is 229 Å². The number of hydrogen-bond acceptors (Lipinski definition) is 4. The molecule has 0 aliphatic carbocycles. The van der Waals surface area contributed by atoms with Gasteiger partial charge in [0.05, 0.1) is 12.8 Å². The molecule has 0 aliphatic heterocycles. The number of hydrogen-bond donors (Lipinski definition) is 4. The van der Waals surface area contributed by atoms with Crippen LogP contribution in [-0.4, -0.2) is 49.4 Å². The van der Waals surface area contributed by atoms with Gasteiger partial charge >= 0.3 is 172 Å². The maximum absolute atomic E-state index is 10.3. The first kappa shape index (κ1) is 32.3. The van der Waals surface area contributed by atoms with Gasteiger partial charge in [-0.1, -0.05) is 0 Å². The first-order valence-electron chi connectivity index (χ1n) is 3.17. The van der Waals surface area contributed by atoms with E-state index in [9.17, 15) is 14.4 Å². The predicted molar refractivity (Wildman–Crippen MR) is 44.0 cm³/mol. The first-order valence-corrected chi connectivity index (χ1v) is 3.17. The van der Waals surface area contributed by atoms with Gasteiger partial charge in [0.1, 0.15) is 0 Å². The van der Waals surface area contributed by atoms with Gasteiger partial charge in [-0.2, -0.15) is 0 Å². The van der Waals surface area contributed by atoms with E-state index in [1.165, 1.54) is 0 Å². The maximum atomic E-state index is 10.3.